The molecule has 0 aliphatic carbocycles. The third-order valence-electron chi connectivity index (χ3n) is 22.9. The molecule has 14 rings (SSSR count). The molecule has 0 spiro atoms. The highest BCUT2D eigenvalue weighted by Crippen LogP contribution is 2.39. The Hall–Kier alpha value is -14.3. The van der Waals surface area contributed by atoms with Crippen molar-refractivity contribution in [2.24, 2.45) is 17.8 Å². The summed E-state index contributed by atoms with van der Waals surface area (Å²) in [7, 11) is 1.60. The number of thioether (sulfide) groups is 1. The number of nitrogens with zero attached hydrogens (tertiary/aromatic N) is 6. The average Bonchev–Trinajstić information content (AvgIpc) is 1.20. The topological polar surface area (TPSA) is 355 Å². The number of hydrogen-bond acceptors (Lipinski definition) is 22. The van der Waals surface area contributed by atoms with E-state index in [0.29, 0.717) is 50.2 Å². The van der Waals surface area contributed by atoms with E-state index in [1.54, 1.807) is 55.8 Å². The zero-order valence-electron chi connectivity index (χ0n) is 80.7. The van der Waals surface area contributed by atoms with Crippen LogP contribution < -0.4 is 30.2 Å². The van der Waals surface area contributed by atoms with Crippen LogP contribution in [0, 0.1) is 17.8 Å². The number of amides is 3. The lowest BCUT2D eigenvalue weighted by Crippen LogP contribution is -2.42. The molecule has 0 bridgehead atoms. The fourth-order valence-electron chi connectivity index (χ4n) is 14.7. The van der Waals surface area contributed by atoms with Gasteiger partial charge in [-0.15, -0.1) is 45.8 Å². The van der Waals surface area contributed by atoms with E-state index in [-0.39, 0.29) is 72.1 Å². The van der Waals surface area contributed by atoms with E-state index in [1.165, 1.54) is 59.7 Å². The summed E-state index contributed by atoms with van der Waals surface area (Å²) in [6.07, 6.45) is 11.4. The zero-order valence-corrected chi connectivity index (χ0v) is 83.9. The van der Waals surface area contributed by atoms with Crippen molar-refractivity contribution < 1.29 is 72.7 Å². The number of carboxylic acid groups (broad SMARTS) is 3. The van der Waals surface area contributed by atoms with Crippen molar-refractivity contribution in [3.8, 4) is 90.5 Å². The van der Waals surface area contributed by atoms with Gasteiger partial charge in [0, 0.05) is 127 Å². The third kappa shape index (κ3) is 29.9. The van der Waals surface area contributed by atoms with Crippen LogP contribution in [0.25, 0.3) is 67.5 Å². The van der Waals surface area contributed by atoms with Gasteiger partial charge in [-0.3, -0.25) is 43.2 Å². The number of methoxy groups -OCH3 is 1. The standard InChI is InChI=1S/C40H41N3O6S.C38H37N3O5S.C34H37N3O4S2/c1-25(39(46)47)43-38(45)30(20-32(44)35-17-18-36(50-35)40(2,3)4)19-26-11-13-28(14-12-26)37-41-22-31(23-42-37)29-15-16-33(34(21-29)48-5)49-24-27-9-7-6-8-10-27;1-24(37(44)45)41-36(43)28(21-32(42)33-18-19-34(47-33)38(2,3)4)20-25-10-12-27(13-11-25)35-39-22-29(23-40-35)26-14-16-31(17-15-26)46-30-8-6-5-7-9-30;1-6-42-27-13-11-23(12-14-27)26-19-35-31(36-20-26)24-9-7-22(8-10-24)17-25(32(39)37-21(2)33(40)41)18-28(38)29-15-16-30(43-29)34(3,4)5/h6-18,21-23,25,30H,19-20,24H2,1-5H3,(H,43,45)(H,46,47);5-19,22-24,28H,20-21H2,1-4H3,(H,41,43)(H,44,45);7-16,19-21,25H,6,17-18H2,1-5H3,(H,37,39)(H,40,41)/t25-,30-;24-,28-;21-,25-/m111/s1. The van der Waals surface area contributed by atoms with Gasteiger partial charge in [-0.05, 0) is 186 Å². The number of aromatic nitrogens is 6. The number of nitrogens with one attached hydrogen (secondary N) is 3. The van der Waals surface area contributed by atoms with E-state index < -0.39 is 71.5 Å². The van der Waals surface area contributed by atoms with E-state index in [1.807, 2.05) is 213 Å². The van der Waals surface area contributed by atoms with Crippen molar-refractivity contribution in [3.05, 3.63) is 325 Å². The molecule has 0 radical (unpaired) electrons. The van der Waals surface area contributed by atoms with Crippen molar-refractivity contribution in [2.45, 2.75) is 174 Å². The summed E-state index contributed by atoms with van der Waals surface area (Å²) in [6.45, 7) is 25.5. The van der Waals surface area contributed by atoms with Crippen LogP contribution in [0.2, 0.25) is 0 Å². The van der Waals surface area contributed by atoms with Gasteiger partial charge in [-0.25, -0.2) is 29.9 Å². The predicted octanol–water partition coefficient (Wildman–Crippen LogP) is 23.1. The third-order valence-corrected chi connectivity index (χ3v) is 28.4. The Morgan fingerprint density at radius 3 is 0.971 bits per heavy atom. The van der Waals surface area contributed by atoms with Gasteiger partial charge in [0.05, 0.1) is 21.7 Å². The highest BCUT2D eigenvalue weighted by molar-refractivity contribution is 7.99. The van der Waals surface area contributed by atoms with Crippen molar-refractivity contribution in [1.29, 1.82) is 0 Å². The highest BCUT2D eigenvalue weighted by atomic mass is 32.2. The van der Waals surface area contributed by atoms with Crippen molar-refractivity contribution in [1.82, 2.24) is 45.9 Å². The zero-order chi connectivity index (χ0) is 101. The number of rotatable bonds is 38. The van der Waals surface area contributed by atoms with Crippen molar-refractivity contribution >= 4 is 98.8 Å². The van der Waals surface area contributed by atoms with Gasteiger partial charge in [0.2, 0.25) is 17.7 Å². The van der Waals surface area contributed by atoms with E-state index in [0.717, 1.165) is 104 Å². The van der Waals surface area contributed by atoms with Crippen LogP contribution in [0.15, 0.2) is 279 Å². The maximum atomic E-state index is 13.3. The number of ketones is 3. The molecule has 28 heteroatoms. The maximum Gasteiger partial charge on any atom is 0.325 e. The quantitative estimate of drug-likeness (QED) is 0.0155. The molecule has 14 aromatic rings. The van der Waals surface area contributed by atoms with Crippen LogP contribution in [-0.2, 0) is 70.9 Å². The molecule has 8 aromatic carbocycles. The Morgan fingerprint density at radius 2 is 0.657 bits per heavy atom. The lowest BCUT2D eigenvalue weighted by Gasteiger charge is -2.18. The number of hydrogen-bond donors (Lipinski definition) is 6. The van der Waals surface area contributed by atoms with E-state index in [9.17, 15) is 58.5 Å². The second-order valence-corrected chi connectivity index (χ2v) is 41.6. The van der Waals surface area contributed by atoms with E-state index >= 15 is 0 Å². The largest absolute Gasteiger partial charge is 0.493 e. The van der Waals surface area contributed by atoms with Gasteiger partial charge in [-0.1, -0.05) is 221 Å². The van der Waals surface area contributed by atoms with Gasteiger partial charge in [0.15, 0.2) is 46.3 Å². The molecule has 140 heavy (non-hydrogen) atoms. The Balaban J connectivity index is 0.000000188. The Bertz CT molecular complexity index is 6580. The van der Waals surface area contributed by atoms with Crippen molar-refractivity contribution in [3.63, 3.8) is 0 Å². The molecule has 722 valence electrons. The Kier molecular flexibility index (Phi) is 36.1. The molecule has 3 amide bonds. The second kappa shape index (κ2) is 48.3. The molecule has 6 N–H and O–H groups in total. The molecule has 0 saturated carbocycles. The van der Waals surface area contributed by atoms with Crippen LogP contribution in [-0.4, -0.2) is 129 Å². The van der Waals surface area contributed by atoms with Crippen LogP contribution in [0.1, 0.15) is 175 Å². The van der Waals surface area contributed by atoms with Gasteiger partial charge < -0.3 is 45.5 Å². The van der Waals surface area contributed by atoms with Gasteiger partial charge in [-0.2, -0.15) is 0 Å². The summed E-state index contributed by atoms with van der Waals surface area (Å²) >= 11 is 6.10. The maximum absolute atomic E-state index is 13.3. The first-order valence-corrected chi connectivity index (χ1v) is 49.4. The van der Waals surface area contributed by atoms with Gasteiger partial charge in [0.25, 0.3) is 0 Å². The van der Waals surface area contributed by atoms with Gasteiger partial charge in [0.1, 0.15) is 36.2 Å². The van der Waals surface area contributed by atoms with E-state index in [4.69, 9.17) is 14.2 Å². The first-order valence-electron chi connectivity index (χ1n) is 46.0. The number of aliphatic carboxylic acids is 3. The van der Waals surface area contributed by atoms with Gasteiger partial charge >= 0.3 is 17.9 Å². The molecular weight excluding hydrogens is 1840 g/mol. The SMILES string of the molecule is CCSc1ccc(-c2cnc(-c3ccc(C[C@H](CC(=O)c4ccc(C(C)(C)C)s4)C(=O)N[C@H](C)C(=O)O)cc3)nc2)cc1.COc1cc(-c2cnc(-c3ccc(C[C@H](CC(=O)c4ccc(C(C)(C)C)s4)C(=O)N[C@H](C)C(=O)O)cc3)nc2)ccc1OCc1ccccc1.C[C@@H](NC(=O)[C@@H](CC(=O)c1ccc(C(C)(C)C)s1)Cc1ccc(-c2ncc(-c3ccc(Oc4ccccc4)cc3)cn2)cc1)C(=O)O. The van der Waals surface area contributed by atoms with E-state index in [2.05, 4.69) is 139 Å². The highest BCUT2D eigenvalue weighted by Gasteiger charge is 2.33. The van der Waals surface area contributed by atoms with Crippen LogP contribution >= 0.6 is 45.8 Å². The molecule has 0 saturated heterocycles. The fraction of sp³-hybridized carbons (Fsp3) is 0.277. The Labute approximate surface area is 832 Å². The summed E-state index contributed by atoms with van der Waals surface area (Å²) in [5.41, 5.74) is 11.2. The number of thiophene rings is 3. The molecule has 24 nitrogen and oxygen atoms in total. The number of carboxylic acids is 3. The first kappa shape index (κ1) is 105. The predicted molar refractivity (Wildman–Crippen MR) is 552 cm³/mol. The van der Waals surface area contributed by atoms with Crippen LogP contribution in [0.3, 0.4) is 0 Å². The van der Waals surface area contributed by atoms with Crippen LogP contribution in [0.5, 0.6) is 23.0 Å². The smallest absolute Gasteiger partial charge is 0.325 e. The number of para-hydroxylation sites is 1. The number of benzene rings is 8. The molecule has 6 heterocycles. The number of carbonyl (C=O) groups is 9. The minimum Gasteiger partial charge on any atom is -0.493 e. The normalized spacial score (nSPS) is 12.6. The lowest BCUT2D eigenvalue weighted by atomic mass is 9.92. The van der Waals surface area contributed by atoms with Crippen LogP contribution in [0.4, 0.5) is 0 Å². The Morgan fingerprint density at radius 1 is 0.350 bits per heavy atom. The second-order valence-electron chi connectivity index (χ2n) is 37.0. The minimum absolute atomic E-state index is 0.0211. The molecule has 6 aromatic heterocycles. The monoisotopic (exact) mass is 1950 g/mol. The summed E-state index contributed by atoms with van der Waals surface area (Å²) in [4.78, 5) is 147. The lowest BCUT2D eigenvalue weighted by molar-refractivity contribution is -0.142. The molecule has 0 aliphatic rings. The number of ether oxygens (including phenoxy) is 3. The fourth-order valence-corrected chi connectivity index (χ4v) is 18.4. The molecular formula is C112H115N9O15S4. The molecule has 0 fully saturated rings. The summed E-state index contributed by atoms with van der Waals surface area (Å²) in [5.74, 6) is -2.01. The first-order chi connectivity index (χ1) is 66.8. The minimum atomic E-state index is -1.14. The number of Topliss-reactive ketones (excluding diaryl/α,β-unsaturated/α-hetero) is 3. The summed E-state index contributed by atoms with van der Waals surface area (Å²) in [6, 6.07) is 71.9. The molecule has 0 aliphatic heterocycles. The number of carbonyl (C=O) groups excluding carboxylic acids is 6. The van der Waals surface area contributed by atoms with Crippen molar-refractivity contribution in [2.75, 3.05) is 12.9 Å². The molecule has 0 unspecified atom stereocenters. The summed E-state index contributed by atoms with van der Waals surface area (Å²) in [5, 5.41) is 35.6. The average molecular weight is 1960 g/mol. The molecule has 6 atom stereocenters. The summed E-state index contributed by atoms with van der Waals surface area (Å²) < 4.78 is 17.5.